The molecule has 0 unspecified atom stereocenters. The van der Waals surface area contributed by atoms with Crippen molar-refractivity contribution in [1.29, 1.82) is 0 Å². The van der Waals surface area contributed by atoms with Gasteiger partial charge in [0.25, 0.3) is 5.91 Å². The average molecular weight is 343 g/mol. The summed E-state index contributed by atoms with van der Waals surface area (Å²) in [5.74, 6) is 0.211. The summed E-state index contributed by atoms with van der Waals surface area (Å²) in [7, 11) is 3.94. The van der Waals surface area contributed by atoms with E-state index in [4.69, 9.17) is 4.74 Å². The Morgan fingerprint density at radius 1 is 1.24 bits per heavy atom. The lowest BCUT2D eigenvalue weighted by molar-refractivity contribution is -0.138. The van der Waals surface area contributed by atoms with Gasteiger partial charge in [-0.2, -0.15) is 0 Å². The lowest BCUT2D eigenvalue weighted by atomic mass is 10.1. The summed E-state index contributed by atoms with van der Waals surface area (Å²) in [6, 6.07) is 8.18. The van der Waals surface area contributed by atoms with Gasteiger partial charge in [-0.3, -0.25) is 9.78 Å². The van der Waals surface area contributed by atoms with E-state index in [1.807, 2.05) is 31.1 Å². The summed E-state index contributed by atoms with van der Waals surface area (Å²) >= 11 is 0. The van der Waals surface area contributed by atoms with Crippen LogP contribution in [-0.2, 0) is 17.8 Å². The van der Waals surface area contributed by atoms with E-state index < -0.39 is 6.10 Å². The number of nitrogens with zero attached hydrogens (tertiary/aromatic N) is 3. The van der Waals surface area contributed by atoms with Crippen LogP contribution in [0.25, 0.3) is 0 Å². The Morgan fingerprint density at radius 3 is 2.72 bits per heavy atom. The summed E-state index contributed by atoms with van der Waals surface area (Å²) in [6.45, 7) is 1.85. The fourth-order valence-corrected chi connectivity index (χ4v) is 2.85. The standard InChI is InChI=1S/C19H22FN3O2/c1-22(2)9-10-23(13-14-5-7-21-8-6-14)19(24)18-12-15-11-16(20)3-4-17(15)25-18/h3-8,11,18H,9-10,12-13H2,1-2H3/t18-/m1/s1. The zero-order valence-corrected chi connectivity index (χ0v) is 14.5. The van der Waals surface area contributed by atoms with E-state index in [0.717, 1.165) is 17.7 Å². The molecule has 0 fully saturated rings. The van der Waals surface area contributed by atoms with Crippen LogP contribution < -0.4 is 4.74 Å². The SMILES string of the molecule is CN(C)CCN(Cc1ccncc1)C(=O)[C@H]1Cc2cc(F)ccc2O1. The number of aromatic nitrogens is 1. The lowest BCUT2D eigenvalue weighted by Crippen LogP contribution is -2.43. The number of carbonyl (C=O) groups excluding carboxylic acids is 1. The molecule has 1 aliphatic rings. The summed E-state index contributed by atoms with van der Waals surface area (Å²) < 4.78 is 19.1. The van der Waals surface area contributed by atoms with Crippen LogP contribution in [0.15, 0.2) is 42.7 Å². The summed E-state index contributed by atoms with van der Waals surface area (Å²) in [4.78, 5) is 20.8. The Bertz CT molecular complexity index is 737. The third-order valence-corrected chi connectivity index (χ3v) is 4.22. The molecule has 1 aliphatic heterocycles. The molecule has 0 saturated heterocycles. The highest BCUT2D eigenvalue weighted by molar-refractivity contribution is 5.82. The van der Waals surface area contributed by atoms with E-state index in [1.54, 1.807) is 23.4 Å². The van der Waals surface area contributed by atoms with Gasteiger partial charge in [-0.15, -0.1) is 0 Å². The lowest BCUT2D eigenvalue weighted by Gasteiger charge is -2.26. The zero-order valence-electron chi connectivity index (χ0n) is 14.5. The molecule has 1 atom stereocenters. The van der Waals surface area contributed by atoms with Crippen LogP contribution in [0.1, 0.15) is 11.1 Å². The first-order valence-electron chi connectivity index (χ1n) is 8.30. The van der Waals surface area contributed by atoms with Crippen molar-refractivity contribution < 1.29 is 13.9 Å². The number of halogens is 1. The van der Waals surface area contributed by atoms with Gasteiger partial charge >= 0.3 is 0 Å². The van der Waals surface area contributed by atoms with Gasteiger partial charge in [0.1, 0.15) is 11.6 Å². The first-order chi connectivity index (χ1) is 12.0. The van der Waals surface area contributed by atoms with Crippen LogP contribution in [0, 0.1) is 5.82 Å². The predicted octanol–water partition coefficient (Wildman–Crippen LogP) is 2.11. The van der Waals surface area contributed by atoms with Crippen molar-refractivity contribution in [2.75, 3.05) is 27.2 Å². The molecule has 0 aliphatic carbocycles. The van der Waals surface area contributed by atoms with Crippen molar-refractivity contribution >= 4 is 5.91 Å². The van der Waals surface area contributed by atoms with Crippen LogP contribution >= 0.6 is 0 Å². The fourth-order valence-electron chi connectivity index (χ4n) is 2.85. The van der Waals surface area contributed by atoms with Crippen molar-refractivity contribution in [3.63, 3.8) is 0 Å². The van der Waals surface area contributed by atoms with Gasteiger partial charge in [0, 0.05) is 44.0 Å². The molecule has 0 N–H and O–H groups in total. The van der Waals surface area contributed by atoms with Crippen LogP contribution in [-0.4, -0.2) is 54.0 Å². The number of rotatable bonds is 6. The molecule has 0 spiro atoms. The maximum absolute atomic E-state index is 13.4. The van der Waals surface area contributed by atoms with Gasteiger partial charge in [-0.05, 0) is 50.0 Å². The molecular formula is C19H22FN3O2. The van der Waals surface area contributed by atoms with Gasteiger partial charge in [0.2, 0.25) is 0 Å². The second-order valence-electron chi connectivity index (χ2n) is 6.48. The number of hydrogen-bond donors (Lipinski definition) is 0. The molecule has 2 aromatic rings. The van der Waals surface area contributed by atoms with Crippen LogP contribution in [0.4, 0.5) is 4.39 Å². The molecule has 1 aromatic carbocycles. The zero-order chi connectivity index (χ0) is 17.8. The molecule has 1 aromatic heterocycles. The summed E-state index contributed by atoms with van der Waals surface area (Å²) in [5.41, 5.74) is 1.76. The number of hydrogen-bond acceptors (Lipinski definition) is 4. The Morgan fingerprint density at radius 2 is 2.00 bits per heavy atom. The van der Waals surface area contributed by atoms with E-state index >= 15 is 0 Å². The van der Waals surface area contributed by atoms with Crippen molar-refractivity contribution in [2.45, 2.75) is 19.1 Å². The molecule has 1 amide bonds. The highest BCUT2D eigenvalue weighted by Gasteiger charge is 2.32. The van der Waals surface area contributed by atoms with Gasteiger partial charge < -0.3 is 14.5 Å². The maximum Gasteiger partial charge on any atom is 0.264 e. The minimum atomic E-state index is -0.596. The van der Waals surface area contributed by atoms with Crippen LogP contribution in [0.3, 0.4) is 0 Å². The molecule has 0 saturated carbocycles. The van der Waals surface area contributed by atoms with Crippen molar-refractivity contribution in [2.24, 2.45) is 0 Å². The quantitative estimate of drug-likeness (QED) is 0.806. The van der Waals surface area contributed by atoms with E-state index in [-0.39, 0.29) is 11.7 Å². The molecular weight excluding hydrogens is 321 g/mol. The molecule has 3 rings (SSSR count). The average Bonchev–Trinajstić information content (AvgIpc) is 3.01. The number of pyridine rings is 1. The third-order valence-electron chi connectivity index (χ3n) is 4.22. The van der Waals surface area contributed by atoms with Gasteiger partial charge in [-0.1, -0.05) is 0 Å². The molecule has 5 nitrogen and oxygen atoms in total. The van der Waals surface area contributed by atoms with Gasteiger partial charge in [-0.25, -0.2) is 4.39 Å². The number of likely N-dealkylation sites (N-methyl/N-ethyl adjacent to an activating group) is 1. The van der Waals surface area contributed by atoms with Gasteiger partial charge in [0.15, 0.2) is 6.10 Å². The molecule has 25 heavy (non-hydrogen) atoms. The van der Waals surface area contributed by atoms with E-state index in [1.165, 1.54) is 12.1 Å². The Labute approximate surface area is 147 Å². The first kappa shape index (κ1) is 17.4. The Kier molecular flexibility index (Phi) is 5.28. The minimum absolute atomic E-state index is 0.0738. The van der Waals surface area contributed by atoms with E-state index in [9.17, 15) is 9.18 Å². The molecule has 6 heteroatoms. The monoisotopic (exact) mass is 343 g/mol. The Balaban J connectivity index is 1.72. The van der Waals surface area contributed by atoms with Crippen molar-refractivity contribution in [1.82, 2.24) is 14.8 Å². The third kappa shape index (κ3) is 4.33. The fraction of sp³-hybridized carbons (Fsp3) is 0.368. The number of fused-ring (bicyclic) bond motifs is 1. The molecule has 2 heterocycles. The van der Waals surface area contributed by atoms with E-state index in [0.29, 0.717) is 25.3 Å². The second-order valence-corrected chi connectivity index (χ2v) is 6.48. The number of benzene rings is 1. The smallest absolute Gasteiger partial charge is 0.264 e. The second kappa shape index (κ2) is 7.61. The topological polar surface area (TPSA) is 45.7 Å². The normalized spacial score (nSPS) is 15.8. The minimum Gasteiger partial charge on any atom is -0.480 e. The van der Waals surface area contributed by atoms with Gasteiger partial charge in [0.05, 0.1) is 0 Å². The Hall–Kier alpha value is -2.47. The number of carbonyl (C=O) groups is 1. The number of ether oxygens (including phenoxy) is 1. The van der Waals surface area contributed by atoms with E-state index in [2.05, 4.69) is 4.98 Å². The molecule has 132 valence electrons. The summed E-state index contributed by atoms with van der Waals surface area (Å²) in [6.07, 6.45) is 3.24. The van der Waals surface area contributed by atoms with Crippen molar-refractivity contribution in [3.8, 4) is 5.75 Å². The van der Waals surface area contributed by atoms with Crippen LogP contribution in [0.5, 0.6) is 5.75 Å². The summed E-state index contributed by atoms with van der Waals surface area (Å²) in [5, 5.41) is 0. The first-order valence-corrected chi connectivity index (χ1v) is 8.30. The number of amides is 1. The predicted molar refractivity (Wildman–Crippen MR) is 92.7 cm³/mol. The highest BCUT2D eigenvalue weighted by Crippen LogP contribution is 2.30. The molecule has 0 radical (unpaired) electrons. The van der Waals surface area contributed by atoms with Crippen molar-refractivity contribution in [3.05, 3.63) is 59.7 Å². The molecule has 0 bridgehead atoms. The highest BCUT2D eigenvalue weighted by atomic mass is 19.1. The largest absolute Gasteiger partial charge is 0.480 e. The van der Waals surface area contributed by atoms with Crippen LogP contribution in [0.2, 0.25) is 0 Å². The maximum atomic E-state index is 13.4.